The number of halogens is 1. The van der Waals surface area contributed by atoms with Crippen molar-refractivity contribution in [2.45, 2.75) is 19.9 Å². The van der Waals surface area contributed by atoms with Crippen LogP contribution in [-0.2, 0) is 6.54 Å². The molecule has 1 aromatic heterocycles. The largest absolute Gasteiger partial charge is 0.493 e. The molecule has 0 spiro atoms. The van der Waals surface area contributed by atoms with Gasteiger partial charge in [0, 0.05) is 28.8 Å². The van der Waals surface area contributed by atoms with Crippen molar-refractivity contribution in [3.8, 4) is 17.4 Å². The lowest BCUT2D eigenvalue weighted by Crippen LogP contribution is -2.18. The molecule has 1 N–H and O–H groups in total. The number of hydrogen-bond acceptors (Lipinski definition) is 5. The van der Waals surface area contributed by atoms with Crippen LogP contribution in [0, 0.1) is 0 Å². The van der Waals surface area contributed by atoms with Crippen molar-refractivity contribution in [3.63, 3.8) is 0 Å². The quantitative estimate of drug-likeness (QED) is 0.620. The summed E-state index contributed by atoms with van der Waals surface area (Å²) >= 11 is 3.59. The van der Waals surface area contributed by atoms with Crippen LogP contribution < -0.4 is 19.5 Å². The molecule has 0 aliphatic heterocycles. The van der Waals surface area contributed by atoms with Gasteiger partial charge in [0.15, 0.2) is 11.5 Å². The maximum atomic E-state index is 5.75. The van der Waals surface area contributed by atoms with Crippen LogP contribution in [0.1, 0.15) is 18.9 Å². The molecule has 130 valence electrons. The minimum absolute atomic E-state index is 0.595. The Balaban J connectivity index is 1.81. The van der Waals surface area contributed by atoms with E-state index in [4.69, 9.17) is 14.2 Å². The van der Waals surface area contributed by atoms with Crippen LogP contribution in [0.5, 0.6) is 17.4 Å². The van der Waals surface area contributed by atoms with Gasteiger partial charge < -0.3 is 19.5 Å². The monoisotopic (exact) mass is 394 g/mol. The molecule has 2 aromatic rings. The van der Waals surface area contributed by atoms with Gasteiger partial charge in [-0.1, -0.05) is 22.0 Å². The molecule has 0 amide bonds. The second kappa shape index (κ2) is 10.2. The van der Waals surface area contributed by atoms with E-state index in [9.17, 15) is 0 Å². The lowest BCUT2D eigenvalue weighted by molar-refractivity contribution is 0.295. The van der Waals surface area contributed by atoms with Crippen molar-refractivity contribution in [2.24, 2.45) is 0 Å². The van der Waals surface area contributed by atoms with Gasteiger partial charge >= 0.3 is 0 Å². The normalized spacial score (nSPS) is 10.5. The van der Waals surface area contributed by atoms with Crippen LogP contribution in [0.25, 0.3) is 0 Å². The van der Waals surface area contributed by atoms with Crippen molar-refractivity contribution < 1.29 is 14.2 Å². The van der Waals surface area contributed by atoms with Gasteiger partial charge in [0.1, 0.15) is 0 Å². The summed E-state index contributed by atoms with van der Waals surface area (Å²) in [6, 6.07) is 9.52. The number of hydrogen-bond donors (Lipinski definition) is 1. The summed E-state index contributed by atoms with van der Waals surface area (Å²) in [6.45, 7) is 4.71. The first-order chi connectivity index (χ1) is 11.8. The van der Waals surface area contributed by atoms with Crippen LogP contribution in [0.3, 0.4) is 0 Å². The van der Waals surface area contributed by atoms with Gasteiger partial charge in [-0.05, 0) is 38.1 Å². The summed E-state index contributed by atoms with van der Waals surface area (Å²) in [4.78, 5) is 4.13. The molecule has 0 radical (unpaired) electrons. The molecule has 0 atom stereocenters. The number of nitrogens with one attached hydrogen (secondary N) is 1. The highest BCUT2D eigenvalue weighted by Crippen LogP contribution is 2.36. The molecule has 0 saturated carbocycles. The predicted molar refractivity (Wildman–Crippen MR) is 97.9 cm³/mol. The molecule has 0 saturated heterocycles. The highest BCUT2D eigenvalue weighted by Gasteiger charge is 2.13. The number of benzene rings is 1. The molecule has 0 fully saturated rings. The Morgan fingerprint density at radius 1 is 1.17 bits per heavy atom. The first kappa shape index (κ1) is 18.5. The van der Waals surface area contributed by atoms with E-state index in [0.29, 0.717) is 25.6 Å². The third-order valence-corrected chi connectivity index (χ3v) is 4.11. The lowest BCUT2D eigenvalue weighted by atomic mass is 10.2. The van der Waals surface area contributed by atoms with Gasteiger partial charge in [0.05, 0.1) is 20.3 Å². The van der Waals surface area contributed by atoms with Crippen molar-refractivity contribution >= 4 is 15.9 Å². The molecular weight excluding hydrogens is 372 g/mol. The second-order valence-corrected chi connectivity index (χ2v) is 5.89. The van der Waals surface area contributed by atoms with Crippen molar-refractivity contribution in [3.05, 3.63) is 46.6 Å². The summed E-state index contributed by atoms with van der Waals surface area (Å²) in [5.41, 5.74) is 1.06. The number of ether oxygens (including phenoxy) is 3. The summed E-state index contributed by atoms with van der Waals surface area (Å²) in [5.74, 6) is 2.19. The standard InChI is InChI=1S/C18H23BrN2O3/c1-3-23-18-14(15(19)8-9-16(18)22-2)13-20-10-6-12-24-17-7-4-5-11-21-17/h4-5,7-9,11,20H,3,6,10,12-13H2,1-2H3. The van der Waals surface area contributed by atoms with Crippen LogP contribution >= 0.6 is 15.9 Å². The molecule has 24 heavy (non-hydrogen) atoms. The van der Waals surface area contributed by atoms with Crippen molar-refractivity contribution in [1.29, 1.82) is 0 Å². The van der Waals surface area contributed by atoms with Gasteiger partial charge in [-0.3, -0.25) is 0 Å². The van der Waals surface area contributed by atoms with Crippen LogP contribution in [-0.4, -0.2) is 31.9 Å². The van der Waals surface area contributed by atoms with Crippen LogP contribution in [0.4, 0.5) is 0 Å². The Kier molecular flexibility index (Phi) is 7.85. The zero-order valence-electron chi connectivity index (χ0n) is 14.0. The molecule has 1 heterocycles. The third kappa shape index (κ3) is 5.39. The number of aromatic nitrogens is 1. The molecule has 0 aliphatic carbocycles. The first-order valence-corrected chi connectivity index (χ1v) is 8.78. The van der Waals surface area contributed by atoms with Gasteiger partial charge in [0.2, 0.25) is 5.88 Å². The minimum Gasteiger partial charge on any atom is -0.493 e. The van der Waals surface area contributed by atoms with Gasteiger partial charge in [-0.25, -0.2) is 4.98 Å². The fourth-order valence-corrected chi connectivity index (χ4v) is 2.68. The molecule has 0 aliphatic rings. The number of pyridine rings is 1. The van der Waals surface area contributed by atoms with Crippen LogP contribution in [0.15, 0.2) is 41.0 Å². The third-order valence-electron chi connectivity index (χ3n) is 3.36. The Bertz CT molecular complexity index is 623. The Labute approximate surface area is 151 Å². The van der Waals surface area contributed by atoms with Gasteiger partial charge in [-0.2, -0.15) is 0 Å². The molecule has 5 nitrogen and oxygen atoms in total. The highest BCUT2D eigenvalue weighted by atomic mass is 79.9. The van der Waals surface area contributed by atoms with E-state index in [-0.39, 0.29) is 0 Å². The van der Waals surface area contributed by atoms with Gasteiger partial charge in [-0.15, -0.1) is 0 Å². The summed E-state index contributed by atoms with van der Waals surface area (Å²) in [7, 11) is 1.65. The average molecular weight is 395 g/mol. The van der Waals surface area contributed by atoms with E-state index in [1.807, 2.05) is 37.3 Å². The number of methoxy groups -OCH3 is 1. The van der Waals surface area contributed by atoms with E-state index in [0.717, 1.165) is 34.5 Å². The summed E-state index contributed by atoms with van der Waals surface area (Å²) in [5, 5.41) is 3.41. The zero-order valence-corrected chi connectivity index (χ0v) is 15.6. The molecule has 2 rings (SSSR count). The Hall–Kier alpha value is -1.79. The minimum atomic E-state index is 0.595. The molecule has 0 bridgehead atoms. The van der Waals surface area contributed by atoms with Crippen molar-refractivity contribution in [1.82, 2.24) is 10.3 Å². The summed E-state index contributed by atoms with van der Waals surface area (Å²) < 4.78 is 17.7. The fourth-order valence-electron chi connectivity index (χ4n) is 2.23. The summed E-state index contributed by atoms with van der Waals surface area (Å²) in [6.07, 6.45) is 2.62. The number of nitrogens with zero attached hydrogens (tertiary/aromatic N) is 1. The maximum absolute atomic E-state index is 5.75. The zero-order chi connectivity index (χ0) is 17.2. The van der Waals surface area contributed by atoms with Crippen LogP contribution in [0.2, 0.25) is 0 Å². The average Bonchev–Trinajstić information content (AvgIpc) is 2.61. The van der Waals surface area contributed by atoms with E-state index in [1.54, 1.807) is 13.3 Å². The van der Waals surface area contributed by atoms with E-state index in [2.05, 4.69) is 26.2 Å². The SMILES string of the molecule is CCOc1c(OC)ccc(Br)c1CNCCCOc1ccccn1. The van der Waals surface area contributed by atoms with Crippen molar-refractivity contribution in [2.75, 3.05) is 26.9 Å². The Morgan fingerprint density at radius 3 is 2.75 bits per heavy atom. The van der Waals surface area contributed by atoms with E-state index in [1.165, 1.54) is 0 Å². The molecule has 1 aromatic carbocycles. The topological polar surface area (TPSA) is 52.6 Å². The molecule has 0 unspecified atom stereocenters. The highest BCUT2D eigenvalue weighted by molar-refractivity contribution is 9.10. The fraction of sp³-hybridized carbons (Fsp3) is 0.389. The maximum Gasteiger partial charge on any atom is 0.213 e. The predicted octanol–water partition coefficient (Wildman–Crippen LogP) is 3.81. The Morgan fingerprint density at radius 2 is 2.04 bits per heavy atom. The molecule has 6 heteroatoms. The van der Waals surface area contributed by atoms with Gasteiger partial charge in [0.25, 0.3) is 0 Å². The first-order valence-electron chi connectivity index (χ1n) is 7.99. The second-order valence-electron chi connectivity index (χ2n) is 5.04. The smallest absolute Gasteiger partial charge is 0.213 e. The van der Waals surface area contributed by atoms with E-state index >= 15 is 0 Å². The molecular formula is C18H23BrN2O3. The number of rotatable bonds is 10. The lowest BCUT2D eigenvalue weighted by Gasteiger charge is -2.16. The van der Waals surface area contributed by atoms with E-state index < -0.39 is 0 Å².